The molecule has 2 rings (SSSR count). The molecule has 0 unspecified atom stereocenters. The van der Waals surface area contributed by atoms with Gasteiger partial charge in [0.05, 0.1) is 4.90 Å². The van der Waals surface area contributed by atoms with E-state index in [9.17, 15) is 8.42 Å². The summed E-state index contributed by atoms with van der Waals surface area (Å²) in [4.78, 5) is 4.08. The van der Waals surface area contributed by atoms with Crippen molar-refractivity contribution in [3.05, 3.63) is 35.9 Å². The van der Waals surface area contributed by atoms with Gasteiger partial charge in [-0.1, -0.05) is 0 Å². The molecule has 0 saturated carbocycles. The molecule has 1 heterocycles. The summed E-state index contributed by atoms with van der Waals surface area (Å²) in [5, 5.41) is 3.93. The Labute approximate surface area is 115 Å². The van der Waals surface area contributed by atoms with Gasteiger partial charge in [-0.05, 0) is 30.7 Å². The fraction of sp³-hybridized carbons (Fsp3) is 0.273. The Kier molecular flexibility index (Phi) is 3.77. The van der Waals surface area contributed by atoms with E-state index in [2.05, 4.69) is 10.1 Å². The molecule has 0 atom stereocenters. The van der Waals surface area contributed by atoms with Crippen LogP contribution in [-0.2, 0) is 22.7 Å². The molecule has 0 aliphatic heterocycles. The minimum atomic E-state index is -3.72. The monoisotopic (exact) mass is 301 g/mol. The second kappa shape index (κ2) is 5.18. The Hall–Kier alpha value is -1.60. The number of aryl methyl sites for hydroxylation is 2. The number of benzene rings is 1. The van der Waals surface area contributed by atoms with Gasteiger partial charge in [0.25, 0.3) is 9.05 Å². The summed E-state index contributed by atoms with van der Waals surface area (Å²) < 4.78 is 29.5. The van der Waals surface area contributed by atoms with Crippen molar-refractivity contribution in [2.75, 3.05) is 0 Å². The fourth-order valence-electron chi connectivity index (χ4n) is 1.53. The summed E-state index contributed by atoms with van der Waals surface area (Å²) >= 11 is 0. The van der Waals surface area contributed by atoms with Crippen molar-refractivity contribution < 1.29 is 13.2 Å². The molecule has 0 amide bonds. The Morgan fingerprint density at radius 1 is 1.42 bits per heavy atom. The summed E-state index contributed by atoms with van der Waals surface area (Å²) in [6.45, 7) is 2.00. The van der Waals surface area contributed by atoms with Crippen LogP contribution in [0.1, 0.15) is 11.4 Å². The van der Waals surface area contributed by atoms with Gasteiger partial charge in [-0.3, -0.25) is 4.68 Å². The van der Waals surface area contributed by atoms with E-state index >= 15 is 0 Å². The highest BCUT2D eigenvalue weighted by Crippen LogP contribution is 2.24. The van der Waals surface area contributed by atoms with Crippen LogP contribution in [0.15, 0.2) is 29.4 Å². The molecule has 19 heavy (non-hydrogen) atoms. The molecule has 0 N–H and O–H groups in total. The highest BCUT2D eigenvalue weighted by Gasteiger charge is 2.12. The molecule has 0 radical (unpaired) electrons. The Bertz CT molecular complexity index is 697. The molecule has 1 aromatic carbocycles. The van der Waals surface area contributed by atoms with Crippen LogP contribution < -0.4 is 4.74 Å². The first-order valence-corrected chi connectivity index (χ1v) is 7.70. The van der Waals surface area contributed by atoms with Crippen molar-refractivity contribution in [3.8, 4) is 5.75 Å². The van der Waals surface area contributed by atoms with Crippen LogP contribution in [0.3, 0.4) is 0 Å². The van der Waals surface area contributed by atoms with Crippen LogP contribution in [-0.4, -0.2) is 23.2 Å². The zero-order valence-corrected chi connectivity index (χ0v) is 11.9. The molecule has 0 saturated heterocycles. The lowest BCUT2D eigenvalue weighted by Gasteiger charge is -2.09. The van der Waals surface area contributed by atoms with Gasteiger partial charge in [0.1, 0.15) is 18.7 Å². The first-order valence-electron chi connectivity index (χ1n) is 5.39. The summed E-state index contributed by atoms with van der Waals surface area (Å²) in [6, 6.07) is 4.44. The third-order valence-electron chi connectivity index (χ3n) is 2.59. The maximum atomic E-state index is 11.2. The summed E-state index contributed by atoms with van der Waals surface area (Å²) in [5.41, 5.74) is 0.684. The molecule has 0 aliphatic rings. The van der Waals surface area contributed by atoms with E-state index in [0.29, 0.717) is 17.1 Å². The van der Waals surface area contributed by atoms with E-state index in [0.717, 1.165) is 0 Å². The predicted octanol–water partition coefficient (Wildman–Crippen LogP) is 1.63. The number of halogens is 1. The van der Waals surface area contributed by atoms with Gasteiger partial charge in [-0.2, -0.15) is 5.10 Å². The van der Waals surface area contributed by atoms with Crippen molar-refractivity contribution in [2.24, 2.45) is 7.05 Å². The minimum absolute atomic E-state index is 0.0534. The summed E-state index contributed by atoms with van der Waals surface area (Å²) in [5.74, 6) is 1.25. The van der Waals surface area contributed by atoms with E-state index in [1.807, 2.05) is 0 Å². The molecule has 0 spiro atoms. The van der Waals surface area contributed by atoms with E-state index < -0.39 is 9.05 Å². The van der Waals surface area contributed by atoms with Crippen molar-refractivity contribution in [3.63, 3.8) is 0 Å². The molecule has 2 aromatic rings. The Balaban J connectivity index is 2.16. The lowest BCUT2D eigenvalue weighted by molar-refractivity contribution is 0.287. The number of ether oxygens (including phenoxy) is 1. The quantitative estimate of drug-likeness (QED) is 0.802. The molecule has 0 aliphatic carbocycles. The number of nitrogens with zero attached hydrogens (tertiary/aromatic N) is 3. The van der Waals surface area contributed by atoms with Gasteiger partial charge in [-0.25, -0.2) is 13.4 Å². The van der Waals surface area contributed by atoms with Gasteiger partial charge < -0.3 is 4.74 Å². The molecule has 0 fully saturated rings. The van der Waals surface area contributed by atoms with Crippen molar-refractivity contribution >= 4 is 19.7 Å². The smallest absolute Gasteiger partial charge is 0.261 e. The van der Waals surface area contributed by atoms with Crippen molar-refractivity contribution in [1.29, 1.82) is 0 Å². The van der Waals surface area contributed by atoms with Crippen LogP contribution >= 0.6 is 10.7 Å². The highest BCUT2D eigenvalue weighted by atomic mass is 35.7. The number of aromatic nitrogens is 3. The Morgan fingerprint density at radius 2 is 2.16 bits per heavy atom. The normalized spacial score (nSPS) is 11.5. The zero-order chi connectivity index (χ0) is 14.0. The summed E-state index contributed by atoms with van der Waals surface area (Å²) in [6.07, 6.45) is 1.44. The van der Waals surface area contributed by atoms with Gasteiger partial charge >= 0.3 is 0 Å². The third-order valence-corrected chi connectivity index (χ3v) is 3.94. The highest BCUT2D eigenvalue weighted by molar-refractivity contribution is 8.13. The lowest BCUT2D eigenvalue weighted by Crippen LogP contribution is -2.05. The van der Waals surface area contributed by atoms with E-state index in [-0.39, 0.29) is 11.5 Å². The average molecular weight is 302 g/mol. The molecule has 6 nitrogen and oxygen atoms in total. The molecular weight excluding hydrogens is 290 g/mol. The number of hydrogen-bond donors (Lipinski definition) is 0. The second-order valence-electron chi connectivity index (χ2n) is 3.95. The lowest BCUT2D eigenvalue weighted by atomic mass is 10.2. The van der Waals surface area contributed by atoms with E-state index in [4.69, 9.17) is 15.4 Å². The topological polar surface area (TPSA) is 74.1 Å². The fourth-order valence-corrected chi connectivity index (χ4v) is 2.36. The molecule has 0 bridgehead atoms. The number of hydrogen-bond acceptors (Lipinski definition) is 5. The molecular formula is C11H12ClN3O3S. The van der Waals surface area contributed by atoms with Crippen molar-refractivity contribution in [1.82, 2.24) is 14.8 Å². The third kappa shape index (κ3) is 3.24. The van der Waals surface area contributed by atoms with E-state index in [1.165, 1.54) is 18.5 Å². The maximum absolute atomic E-state index is 11.2. The molecule has 8 heteroatoms. The first-order chi connectivity index (χ1) is 8.88. The van der Waals surface area contributed by atoms with Crippen LogP contribution in [0.25, 0.3) is 0 Å². The SMILES string of the molecule is Cc1cc(S(=O)(=O)Cl)ccc1OCc1ncnn1C. The zero-order valence-electron chi connectivity index (χ0n) is 10.4. The predicted molar refractivity (Wildman–Crippen MR) is 69.6 cm³/mol. The largest absolute Gasteiger partial charge is 0.485 e. The van der Waals surface area contributed by atoms with E-state index in [1.54, 1.807) is 24.7 Å². The Morgan fingerprint density at radius 3 is 2.68 bits per heavy atom. The van der Waals surface area contributed by atoms with Crippen LogP contribution in [0.5, 0.6) is 5.75 Å². The molecule has 102 valence electrons. The standard InChI is InChI=1S/C11H12ClN3O3S/c1-8-5-9(19(12,16)17)3-4-10(8)18-6-11-13-7-14-15(11)2/h3-5,7H,6H2,1-2H3. The number of rotatable bonds is 4. The van der Waals surface area contributed by atoms with Gasteiger partial charge in [0.15, 0.2) is 5.82 Å². The average Bonchev–Trinajstić information content (AvgIpc) is 2.72. The minimum Gasteiger partial charge on any atom is -0.485 e. The maximum Gasteiger partial charge on any atom is 0.261 e. The van der Waals surface area contributed by atoms with Gasteiger partial charge in [0, 0.05) is 17.7 Å². The van der Waals surface area contributed by atoms with Gasteiger partial charge in [-0.15, -0.1) is 0 Å². The first kappa shape index (κ1) is 13.8. The molecule has 1 aromatic heterocycles. The van der Waals surface area contributed by atoms with Crippen molar-refractivity contribution in [2.45, 2.75) is 18.4 Å². The van der Waals surface area contributed by atoms with Gasteiger partial charge in [0.2, 0.25) is 0 Å². The second-order valence-corrected chi connectivity index (χ2v) is 6.52. The summed E-state index contributed by atoms with van der Waals surface area (Å²) in [7, 11) is 3.32. The van der Waals surface area contributed by atoms with Crippen LogP contribution in [0.4, 0.5) is 0 Å². The van der Waals surface area contributed by atoms with Crippen LogP contribution in [0, 0.1) is 6.92 Å². The van der Waals surface area contributed by atoms with Crippen LogP contribution in [0.2, 0.25) is 0 Å².